The number of hydrogen-bond donors (Lipinski definition) is 0. The average Bonchev–Trinajstić information content (AvgIpc) is 2.03. The minimum atomic E-state index is 0.693. The Balaban J connectivity index is 2.49. The maximum absolute atomic E-state index is 3.84. The van der Waals surface area contributed by atoms with Gasteiger partial charge in [0.25, 0.3) is 0 Å². The van der Waals surface area contributed by atoms with E-state index in [2.05, 4.69) is 32.6 Å². The van der Waals surface area contributed by atoms with E-state index in [0.29, 0.717) is 5.92 Å². The Kier molecular flexibility index (Phi) is 2.92. The lowest BCUT2D eigenvalue weighted by atomic mass is 9.81. The first-order chi connectivity index (χ1) is 5.24. The molecule has 1 aliphatic carbocycles. The lowest BCUT2D eigenvalue weighted by Gasteiger charge is -2.24. The minimum Gasteiger partial charge on any atom is -0.103 e. The Morgan fingerprint density at radius 3 is 3.00 bits per heavy atom. The molecule has 0 heterocycles. The van der Waals surface area contributed by atoms with Crippen molar-refractivity contribution in [2.75, 3.05) is 0 Å². The highest BCUT2D eigenvalue weighted by atomic mass is 14.2. The molecule has 0 aromatic carbocycles. The van der Waals surface area contributed by atoms with Gasteiger partial charge in [-0.05, 0) is 38.0 Å². The van der Waals surface area contributed by atoms with Crippen LogP contribution in [0.3, 0.4) is 0 Å². The van der Waals surface area contributed by atoms with Gasteiger partial charge in [0.15, 0.2) is 0 Å². The van der Waals surface area contributed by atoms with Crippen molar-refractivity contribution in [2.45, 2.75) is 33.1 Å². The van der Waals surface area contributed by atoms with Crippen LogP contribution in [0.2, 0.25) is 0 Å². The number of rotatable bonds is 2. The summed E-state index contributed by atoms with van der Waals surface area (Å²) >= 11 is 0. The van der Waals surface area contributed by atoms with Crippen molar-refractivity contribution in [1.82, 2.24) is 0 Å². The van der Waals surface area contributed by atoms with Crippen LogP contribution in [0.5, 0.6) is 0 Å². The Morgan fingerprint density at radius 1 is 1.73 bits per heavy atom. The Bertz CT molecular complexity index is 165. The SMILES string of the molecule is C=CC(C)C1CCC=C(C)C1. The molecule has 11 heavy (non-hydrogen) atoms. The normalized spacial score (nSPS) is 27.5. The van der Waals surface area contributed by atoms with Crippen molar-refractivity contribution >= 4 is 0 Å². The first-order valence-electron chi connectivity index (χ1n) is 4.52. The first-order valence-corrected chi connectivity index (χ1v) is 4.52. The van der Waals surface area contributed by atoms with E-state index in [1.54, 1.807) is 5.57 Å². The summed E-state index contributed by atoms with van der Waals surface area (Å²) < 4.78 is 0. The standard InChI is InChI=1S/C11H18/c1-4-10(3)11-7-5-6-9(2)8-11/h4,6,10-11H,1,5,7-8H2,2-3H3. The van der Waals surface area contributed by atoms with Crippen LogP contribution in [0.4, 0.5) is 0 Å². The lowest BCUT2D eigenvalue weighted by Crippen LogP contribution is -2.12. The Hall–Kier alpha value is -0.520. The monoisotopic (exact) mass is 150 g/mol. The third-order valence-corrected chi connectivity index (χ3v) is 2.73. The van der Waals surface area contributed by atoms with E-state index in [9.17, 15) is 0 Å². The van der Waals surface area contributed by atoms with E-state index < -0.39 is 0 Å². The lowest BCUT2D eigenvalue weighted by molar-refractivity contribution is 0.378. The summed E-state index contributed by atoms with van der Waals surface area (Å²) in [6.45, 7) is 8.35. The second-order valence-corrected chi connectivity index (χ2v) is 3.69. The van der Waals surface area contributed by atoms with Gasteiger partial charge in [-0.2, -0.15) is 0 Å². The molecule has 0 aromatic rings. The molecule has 0 radical (unpaired) electrons. The van der Waals surface area contributed by atoms with Gasteiger partial charge in [0, 0.05) is 0 Å². The molecule has 0 spiro atoms. The van der Waals surface area contributed by atoms with Crippen LogP contribution in [0, 0.1) is 11.8 Å². The molecule has 62 valence electrons. The summed E-state index contributed by atoms with van der Waals surface area (Å²) in [5, 5.41) is 0. The summed E-state index contributed by atoms with van der Waals surface area (Å²) in [5.74, 6) is 1.55. The van der Waals surface area contributed by atoms with Gasteiger partial charge in [-0.1, -0.05) is 24.6 Å². The molecule has 0 saturated carbocycles. The van der Waals surface area contributed by atoms with Crippen LogP contribution in [0.15, 0.2) is 24.3 Å². The highest BCUT2D eigenvalue weighted by Crippen LogP contribution is 2.29. The second-order valence-electron chi connectivity index (χ2n) is 3.69. The van der Waals surface area contributed by atoms with Gasteiger partial charge in [-0.3, -0.25) is 0 Å². The summed E-state index contributed by atoms with van der Waals surface area (Å²) in [5.41, 5.74) is 1.56. The predicted octanol–water partition coefficient (Wildman–Crippen LogP) is 3.55. The van der Waals surface area contributed by atoms with Gasteiger partial charge < -0.3 is 0 Å². The molecule has 0 aliphatic heterocycles. The zero-order valence-corrected chi connectivity index (χ0v) is 7.64. The maximum atomic E-state index is 3.84. The largest absolute Gasteiger partial charge is 0.103 e. The van der Waals surface area contributed by atoms with Crippen LogP contribution in [-0.4, -0.2) is 0 Å². The van der Waals surface area contributed by atoms with Crippen molar-refractivity contribution in [1.29, 1.82) is 0 Å². The molecule has 0 aromatic heterocycles. The van der Waals surface area contributed by atoms with Crippen molar-refractivity contribution < 1.29 is 0 Å². The highest BCUT2D eigenvalue weighted by Gasteiger charge is 2.17. The molecule has 0 heteroatoms. The Labute approximate surface area is 70.0 Å². The molecule has 0 nitrogen and oxygen atoms in total. The van der Waals surface area contributed by atoms with Gasteiger partial charge in [-0.25, -0.2) is 0 Å². The molecular weight excluding hydrogens is 132 g/mol. The van der Waals surface area contributed by atoms with Crippen LogP contribution >= 0.6 is 0 Å². The maximum Gasteiger partial charge on any atom is -0.0233 e. The Morgan fingerprint density at radius 2 is 2.45 bits per heavy atom. The van der Waals surface area contributed by atoms with E-state index in [0.717, 1.165) is 5.92 Å². The average molecular weight is 150 g/mol. The molecule has 0 fully saturated rings. The molecule has 1 aliphatic rings. The molecule has 1 rings (SSSR count). The van der Waals surface area contributed by atoms with E-state index in [-0.39, 0.29) is 0 Å². The van der Waals surface area contributed by atoms with Gasteiger partial charge in [0.05, 0.1) is 0 Å². The van der Waals surface area contributed by atoms with Crippen molar-refractivity contribution in [3.8, 4) is 0 Å². The zero-order chi connectivity index (χ0) is 8.27. The molecule has 2 unspecified atom stereocenters. The van der Waals surface area contributed by atoms with Gasteiger partial charge in [-0.15, -0.1) is 6.58 Å². The smallest absolute Gasteiger partial charge is 0.0233 e. The second kappa shape index (κ2) is 3.75. The van der Waals surface area contributed by atoms with E-state index in [4.69, 9.17) is 0 Å². The summed E-state index contributed by atoms with van der Waals surface area (Å²) in [4.78, 5) is 0. The van der Waals surface area contributed by atoms with Crippen LogP contribution in [-0.2, 0) is 0 Å². The van der Waals surface area contributed by atoms with Gasteiger partial charge >= 0.3 is 0 Å². The van der Waals surface area contributed by atoms with E-state index in [1.165, 1.54) is 19.3 Å². The summed E-state index contributed by atoms with van der Waals surface area (Å²) in [7, 11) is 0. The van der Waals surface area contributed by atoms with Crippen LogP contribution < -0.4 is 0 Å². The predicted molar refractivity (Wildman–Crippen MR) is 50.5 cm³/mol. The fourth-order valence-corrected chi connectivity index (χ4v) is 1.78. The van der Waals surface area contributed by atoms with Crippen LogP contribution in [0.25, 0.3) is 0 Å². The fourth-order valence-electron chi connectivity index (χ4n) is 1.78. The van der Waals surface area contributed by atoms with E-state index in [1.807, 2.05) is 0 Å². The molecular formula is C11H18. The molecule has 0 N–H and O–H groups in total. The molecule has 0 saturated heterocycles. The molecule has 0 bridgehead atoms. The number of allylic oxidation sites excluding steroid dienone is 3. The van der Waals surface area contributed by atoms with Crippen molar-refractivity contribution in [3.63, 3.8) is 0 Å². The minimum absolute atomic E-state index is 0.693. The summed E-state index contributed by atoms with van der Waals surface area (Å²) in [6.07, 6.45) is 8.36. The van der Waals surface area contributed by atoms with Gasteiger partial charge in [0.1, 0.15) is 0 Å². The third kappa shape index (κ3) is 2.21. The third-order valence-electron chi connectivity index (χ3n) is 2.73. The van der Waals surface area contributed by atoms with Crippen molar-refractivity contribution in [3.05, 3.63) is 24.3 Å². The highest BCUT2D eigenvalue weighted by molar-refractivity contribution is 5.05. The quantitative estimate of drug-likeness (QED) is 0.528. The van der Waals surface area contributed by atoms with Crippen LogP contribution in [0.1, 0.15) is 33.1 Å². The molecule has 2 atom stereocenters. The van der Waals surface area contributed by atoms with Gasteiger partial charge in [0.2, 0.25) is 0 Å². The van der Waals surface area contributed by atoms with E-state index >= 15 is 0 Å². The topological polar surface area (TPSA) is 0 Å². The number of hydrogen-bond acceptors (Lipinski definition) is 0. The summed E-state index contributed by atoms with van der Waals surface area (Å²) in [6, 6.07) is 0. The zero-order valence-electron chi connectivity index (χ0n) is 7.64. The van der Waals surface area contributed by atoms with Crippen molar-refractivity contribution in [2.24, 2.45) is 11.8 Å². The first kappa shape index (κ1) is 8.58. The molecule has 0 amide bonds. The fraction of sp³-hybridized carbons (Fsp3) is 0.636.